The van der Waals surface area contributed by atoms with E-state index < -0.39 is 5.97 Å². The summed E-state index contributed by atoms with van der Waals surface area (Å²) in [7, 11) is 0. The molecule has 1 aliphatic carbocycles. The number of aliphatic carboxylic acids is 1. The maximum absolute atomic E-state index is 11.1. The molecule has 0 aromatic heterocycles. The van der Waals surface area contributed by atoms with E-state index in [-0.39, 0.29) is 12.0 Å². The van der Waals surface area contributed by atoms with E-state index in [0.717, 1.165) is 25.7 Å². The minimum atomic E-state index is -0.645. The summed E-state index contributed by atoms with van der Waals surface area (Å²) in [5.74, 6) is -0.816. The summed E-state index contributed by atoms with van der Waals surface area (Å²) in [5, 5.41) is 12.7. The van der Waals surface area contributed by atoms with Crippen molar-refractivity contribution in [2.75, 3.05) is 0 Å². The second kappa shape index (κ2) is 6.70. The highest BCUT2D eigenvalue weighted by Crippen LogP contribution is 2.26. The summed E-state index contributed by atoms with van der Waals surface area (Å²) < 4.78 is 1.23. The number of hydrogen-bond acceptors (Lipinski definition) is 2. The van der Waals surface area contributed by atoms with E-state index in [1.807, 2.05) is 0 Å². The Hall–Kier alpha value is -0.620. The predicted molar refractivity (Wildman–Crippen MR) is 84.1 cm³/mol. The molecular weight excluding hydrogens is 353 g/mol. The third-order valence-electron chi connectivity index (χ3n) is 3.88. The van der Waals surface area contributed by atoms with Gasteiger partial charge in [0.25, 0.3) is 0 Å². The predicted octanol–water partition coefficient (Wildman–Crippen LogP) is 3.59. The van der Waals surface area contributed by atoms with Gasteiger partial charge in [-0.15, -0.1) is 0 Å². The van der Waals surface area contributed by atoms with E-state index in [4.69, 9.17) is 5.11 Å². The Balaban J connectivity index is 1.93. The summed E-state index contributed by atoms with van der Waals surface area (Å²) in [6.45, 7) is 2.15. The van der Waals surface area contributed by atoms with Crippen LogP contribution in [0.4, 0.5) is 0 Å². The van der Waals surface area contributed by atoms with Gasteiger partial charge in [0.05, 0.1) is 5.92 Å². The third kappa shape index (κ3) is 4.18. The summed E-state index contributed by atoms with van der Waals surface area (Å²) in [6.07, 6.45) is 3.67. The fraction of sp³-hybridized carbons (Fsp3) is 0.533. The molecule has 2 N–H and O–H groups in total. The quantitative estimate of drug-likeness (QED) is 0.794. The molecule has 104 valence electrons. The third-order valence-corrected chi connectivity index (χ3v) is 4.60. The van der Waals surface area contributed by atoms with Gasteiger partial charge in [0.2, 0.25) is 0 Å². The molecule has 0 aliphatic heterocycles. The van der Waals surface area contributed by atoms with Crippen LogP contribution in [0.3, 0.4) is 0 Å². The zero-order valence-corrected chi connectivity index (χ0v) is 13.3. The van der Waals surface area contributed by atoms with Crippen LogP contribution in [0.5, 0.6) is 0 Å². The maximum atomic E-state index is 11.1. The van der Waals surface area contributed by atoms with Crippen molar-refractivity contribution in [3.63, 3.8) is 0 Å². The van der Waals surface area contributed by atoms with Gasteiger partial charge >= 0.3 is 5.97 Å². The van der Waals surface area contributed by atoms with Crippen molar-refractivity contribution in [1.82, 2.24) is 5.32 Å². The minimum absolute atomic E-state index is 0.171. The molecule has 4 heteroatoms. The Morgan fingerprint density at radius 1 is 1.37 bits per heavy atom. The van der Waals surface area contributed by atoms with E-state index in [0.29, 0.717) is 6.04 Å². The first-order chi connectivity index (χ1) is 9.06. The van der Waals surface area contributed by atoms with Crippen LogP contribution >= 0.6 is 22.6 Å². The SMILES string of the molecule is CC(NC1CCCC(C(=O)O)C1)c1ccc(I)cc1. The van der Waals surface area contributed by atoms with Crippen LogP contribution < -0.4 is 5.32 Å². The van der Waals surface area contributed by atoms with Crippen LogP contribution in [-0.4, -0.2) is 17.1 Å². The first-order valence-corrected chi connectivity index (χ1v) is 7.88. The van der Waals surface area contributed by atoms with Crippen LogP contribution in [0, 0.1) is 9.49 Å². The Labute approximate surface area is 127 Å². The summed E-state index contributed by atoms with van der Waals surface area (Å²) in [6, 6.07) is 9.08. The van der Waals surface area contributed by atoms with Crippen molar-refractivity contribution in [3.8, 4) is 0 Å². The lowest BCUT2D eigenvalue weighted by molar-refractivity contribution is -0.143. The molecule has 0 heterocycles. The Morgan fingerprint density at radius 2 is 2.05 bits per heavy atom. The molecule has 1 aromatic carbocycles. The minimum Gasteiger partial charge on any atom is -0.481 e. The number of halogens is 1. The number of carboxylic acid groups (broad SMARTS) is 1. The number of nitrogens with one attached hydrogen (secondary N) is 1. The molecule has 3 unspecified atom stereocenters. The summed E-state index contributed by atoms with van der Waals surface area (Å²) in [5.41, 5.74) is 1.26. The van der Waals surface area contributed by atoms with Crippen LogP contribution in [0.1, 0.15) is 44.2 Å². The number of rotatable bonds is 4. The molecule has 0 bridgehead atoms. The molecule has 0 spiro atoms. The van der Waals surface area contributed by atoms with E-state index >= 15 is 0 Å². The van der Waals surface area contributed by atoms with Gasteiger partial charge in [0, 0.05) is 15.7 Å². The molecule has 19 heavy (non-hydrogen) atoms. The normalized spacial score (nSPS) is 24.9. The largest absolute Gasteiger partial charge is 0.481 e. The van der Waals surface area contributed by atoms with Gasteiger partial charge in [-0.25, -0.2) is 0 Å². The monoisotopic (exact) mass is 373 g/mol. The van der Waals surface area contributed by atoms with Crippen LogP contribution in [0.25, 0.3) is 0 Å². The highest BCUT2D eigenvalue weighted by molar-refractivity contribution is 14.1. The zero-order chi connectivity index (χ0) is 13.8. The first kappa shape index (κ1) is 14.8. The van der Waals surface area contributed by atoms with E-state index in [1.54, 1.807) is 0 Å². The summed E-state index contributed by atoms with van der Waals surface area (Å²) >= 11 is 2.30. The molecule has 0 saturated heterocycles. The maximum Gasteiger partial charge on any atom is 0.306 e. The van der Waals surface area contributed by atoms with Crippen LogP contribution in [-0.2, 0) is 4.79 Å². The lowest BCUT2D eigenvalue weighted by Crippen LogP contribution is -2.37. The average Bonchev–Trinajstić information content (AvgIpc) is 2.39. The molecule has 3 atom stereocenters. The van der Waals surface area contributed by atoms with Gasteiger partial charge in [-0.2, -0.15) is 0 Å². The molecular formula is C15H20INO2. The molecule has 1 saturated carbocycles. The van der Waals surface area contributed by atoms with Crippen LogP contribution in [0.15, 0.2) is 24.3 Å². The average molecular weight is 373 g/mol. The number of hydrogen-bond donors (Lipinski definition) is 2. The van der Waals surface area contributed by atoms with Crippen molar-refractivity contribution < 1.29 is 9.90 Å². The van der Waals surface area contributed by atoms with E-state index in [9.17, 15) is 4.79 Å². The molecule has 0 radical (unpaired) electrons. The second-order valence-corrected chi connectivity index (χ2v) is 6.58. The van der Waals surface area contributed by atoms with Crippen LogP contribution in [0.2, 0.25) is 0 Å². The summed E-state index contributed by atoms with van der Waals surface area (Å²) in [4.78, 5) is 11.1. The number of benzene rings is 1. The van der Waals surface area contributed by atoms with Gasteiger partial charge in [-0.05, 0) is 66.5 Å². The highest BCUT2D eigenvalue weighted by Gasteiger charge is 2.27. The number of carbonyl (C=O) groups is 1. The van der Waals surface area contributed by atoms with Gasteiger partial charge in [-0.1, -0.05) is 18.6 Å². The molecule has 3 nitrogen and oxygen atoms in total. The number of carboxylic acids is 1. The standard InChI is InChI=1S/C15H20INO2/c1-10(11-5-7-13(16)8-6-11)17-14-4-2-3-12(9-14)15(18)19/h5-8,10,12,14,17H,2-4,9H2,1H3,(H,18,19). The van der Waals surface area contributed by atoms with Gasteiger partial charge in [-0.3, -0.25) is 4.79 Å². The highest BCUT2D eigenvalue weighted by atomic mass is 127. The van der Waals surface area contributed by atoms with Crippen molar-refractivity contribution in [2.24, 2.45) is 5.92 Å². The fourth-order valence-electron chi connectivity index (χ4n) is 2.77. The van der Waals surface area contributed by atoms with Gasteiger partial charge < -0.3 is 10.4 Å². The van der Waals surface area contributed by atoms with Crippen molar-refractivity contribution in [1.29, 1.82) is 0 Å². The van der Waals surface area contributed by atoms with Crippen molar-refractivity contribution in [2.45, 2.75) is 44.7 Å². The zero-order valence-electron chi connectivity index (χ0n) is 11.1. The molecule has 1 aromatic rings. The molecule has 2 rings (SSSR count). The van der Waals surface area contributed by atoms with E-state index in [2.05, 4.69) is 59.1 Å². The molecule has 0 amide bonds. The molecule has 1 fully saturated rings. The Bertz CT molecular complexity index is 432. The topological polar surface area (TPSA) is 49.3 Å². The first-order valence-electron chi connectivity index (χ1n) is 6.80. The van der Waals surface area contributed by atoms with Crippen molar-refractivity contribution >= 4 is 28.6 Å². The Morgan fingerprint density at radius 3 is 2.68 bits per heavy atom. The van der Waals surface area contributed by atoms with Crippen molar-refractivity contribution in [3.05, 3.63) is 33.4 Å². The smallest absolute Gasteiger partial charge is 0.306 e. The lowest BCUT2D eigenvalue weighted by atomic mass is 9.85. The Kier molecular flexibility index (Phi) is 5.21. The second-order valence-electron chi connectivity index (χ2n) is 5.34. The van der Waals surface area contributed by atoms with Gasteiger partial charge in [0.1, 0.15) is 0 Å². The molecule has 1 aliphatic rings. The fourth-order valence-corrected chi connectivity index (χ4v) is 3.13. The lowest BCUT2D eigenvalue weighted by Gasteiger charge is -2.30. The van der Waals surface area contributed by atoms with Gasteiger partial charge in [0.15, 0.2) is 0 Å². The van der Waals surface area contributed by atoms with E-state index in [1.165, 1.54) is 9.13 Å².